The van der Waals surface area contributed by atoms with E-state index in [0.29, 0.717) is 12.1 Å². The van der Waals surface area contributed by atoms with Crippen LogP contribution >= 0.6 is 0 Å². The molecule has 0 unspecified atom stereocenters. The summed E-state index contributed by atoms with van der Waals surface area (Å²) in [7, 11) is 1.74. The molecule has 0 spiro atoms. The summed E-state index contributed by atoms with van der Waals surface area (Å²) in [5.41, 5.74) is 3.25. The first-order valence-corrected chi connectivity index (χ1v) is 9.77. The molecule has 2 aromatic rings. The molecule has 0 bridgehead atoms. The van der Waals surface area contributed by atoms with Gasteiger partial charge in [0.1, 0.15) is 0 Å². The molecule has 2 N–H and O–H groups in total. The van der Waals surface area contributed by atoms with Gasteiger partial charge in [-0.15, -0.1) is 0 Å². The molecule has 7 heteroatoms. The van der Waals surface area contributed by atoms with Gasteiger partial charge in [-0.1, -0.05) is 30.3 Å². The predicted molar refractivity (Wildman–Crippen MR) is 102 cm³/mol. The lowest BCUT2D eigenvalue weighted by atomic mass is 10.1. The Balaban J connectivity index is 2.20. The average Bonchev–Trinajstić information content (AvgIpc) is 2.60. The van der Waals surface area contributed by atoms with E-state index < -0.39 is 10.0 Å². The molecule has 0 saturated heterocycles. The highest BCUT2D eigenvalue weighted by Crippen LogP contribution is 2.16. The first-order chi connectivity index (χ1) is 12.2. The fourth-order valence-electron chi connectivity index (χ4n) is 2.63. The van der Waals surface area contributed by atoms with E-state index in [-0.39, 0.29) is 10.8 Å². The summed E-state index contributed by atoms with van der Waals surface area (Å²) in [4.78, 5) is 14.7. The van der Waals surface area contributed by atoms with Crippen LogP contribution in [-0.2, 0) is 23.1 Å². The molecule has 0 aliphatic heterocycles. The van der Waals surface area contributed by atoms with E-state index in [1.165, 1.54) is 19.2 Å². The third-order valence-corrected chi connectivity index (χ3v) is 5.49. The quantitative estimate of drug-likeness (QED) is 0.775. The molecule has 0 aliphatic carbocycles. The topological polar surface area (TPSA) is 78.5 Å². The Morgan fingerprint density at radius 3 is 2.35 bits per heavy atom. The molecule has 0 fully saturated rings. The van der Waals surface area contributed by atoms with Crippen molar-refractivity contribution in [3.8, 4) is 0 Å². The highest BCUT2D eigenvalue weighted by atomic mass is 32.2. The molecule has 0 aliphatic rings. The van der Waals surface area contributed by atoms with Crippen molar-refractivity contribution in [3.63, 3.8) is 0 Å². The van der Waals surface area contributed by atoms with Crippen LogP contribution in [0.15, 0.2) is 47.4 Å². The number of carbonyl (C=O) groups excluding carboxylic acids is 1. The van der Waals surface area contributed by atoms with Gasteiger partial charge in [0, 0.05) is 18.7 Å². The summed E-state index contributed by atoms with van der Waals surface area (Å²) in [6.07, 6.45) is 0. The lowest BCUT2D eigenvalue weighted by Gasteiger charge is -2.15. The minimum atomic E-state index is -3.59. The van der Waals surface area contributed by atoms with Crippen molar-refractivity contribution in [1.29, 1.82) is 0 Å². The first kappa shape index (κ1) is 20.1. The Bertz CT molecular complexity index is 893. The number of hydrogen-bond donors (Lipinski definition) is 2. The minimum Gasteiger partial charge on any atom is -0.348 e. The van der Waals surface area contributed by atoms with Crippen molar-refractivity contribution in [2.75, 3.05) is 21.1 Å². The number of aryl methyl sites for hydroxylation is 1. The highest BCUT2D eigenvalue weighted by molar-refractivity contribution is 7.89. The van der Waals surface area contributed by atoms with Gasteiger partial charge in [0.2, 0.25) is 10.0 Å². The monoisotopic (exact) mass is 375 g/mol. The molecule has 0 radical (unpaired) electrons. The molecule has 0 heterocycles. The van der Waals surface area contributed by atoms with Crippen LogP contribution in [0, 0.1) is 6.92 Å². The SMILES string of the molecule is CNS(=O)(=O)c1ccc(C)c(C(=O)NCc2ccccc2CN(C)C)c1. The van der Waals surface area contributed by atoms with Crippen molar-refractivity contribution >= 4 is 15.9 Å². The molecule has 1 amide bonds. The van der Waals surface area contributed by atoms with Gasteiger partial charge in [-0.2, -0.15) is 0 Å². The van der Waals surface area contributed by atoms with Gasteiger partial charge >= 0.3 is 0 Å². The summed E-state index contributed by atoms with van der Waals surface area (Å²) in [5.74, 6) is -0.296. The zero-order valence-electron chi connectivity index (χ0n) is 15.5. The number of rotatable bonds is 7. The third-order valence-electron chi connectivity index (χ3n) is 4.08. The summed E-state index contributed by atoms with van der Waals surface area (Å²) in [6, 6.07) is 12.5. The van der Waals surface area contributed by atoms with Gasteiger partial charge in [0.15, 0.2) is 0 Å². The zero-order valence-corrected chi connectivity index (χ0v) is 16.4. The fraction of sp³-hybridized carbons (Fsp3) is 0.316. The summed E-state index contributed by atoms with van der Waals surface area (Å²) in [6.45, 7) is 2.94. The van der Waals surface area contributed by atoms with E-state index in [4.69, 9.17) is 0 Å². The lowest BCUT2D eigenvalue weighted by Crippen LogP contribution is -2.26. The second-order valence-corrected chi connectivity index (χ2v) is 8.26. The van der Waals surface area contributed by atoms with Crippen LogP contribution in [0.2, 0.25) is 0 Å². The summed E-state index contributed by atoms with van der Waals surface area (Å²) < 4.78 is 26.2. The maximum Gasteiger partial charge on any atom is 0.251 e. The molecule has 0 atom stereocenters. The Morgan fingerprint density at radius 2 is 1.73 bits per heavy atom. The number of benzene rings is 2. The molecule has 2 rings (SSSR count). The van der Waals surface area contributed by atoms with Gasteiger partial charge in [0.05, 0.1) is 4.90 Å². The van der Waals surface area contributed by atoms with E-state index in [1.54, 1.807) is 13.0 Å². The Morgan fingerprint density at radius 1 is 1.08 bits per heavy atom. The second kappa shape index (κ2) is 8.44. The fourth-order valence-corrected chi connectivity index (χ4v) is 3.38. The van der Waals surface area contributed by atoms with Crippen LogP contribution in [0.5, 0.6) is 0 Å². The normalized spacial score (nSPS) is 11.6. The number of sulfonamides is 1. The molecule has 0 aromatic heterocycles. The van der Waals surface area contributed by atoms with Crippen molar-refractivity contribution < 1.29 is 13.2 Å². The number of amides is 1. The molecule has 26 heavy (non-hydrogen) atoms. The molecule has 140 valence electrons. The van der Waals surface area contributed by atoms with Gasteiger partial charge in [0.25, 0.3) is 5.91 Å². The zero-order chi connectivity index (χ0) is 19.3. The van der Waals surface area contributed by atoms with Crippen LogP contribution in [0.1, 0.15) is 27.0 Å². The number of nitrogens with zero attached hydrogens (tertiary/aromatic N) is 1. The highest BCUT2D eigenvalue weighted by Gasteiger charge is 2.16. The average molecular weight is 375 g/mol. The van der Waals surface area contributed by atoms with E-state index in [0.717, 1.165) is 23.2 Å². The number of nitrogens with one attached hydrogen (secondary N) is 2. The first-order valence-electron chi connectivity index (χ1n) is 8.28. The van der Waals surface area contributed by atoms with E-state index >= 15 is 0 Å². The van der Waals surface area contributed by atoms with E-state index in [1.807, 2.05) is 38.4 Å². The number of hydrogen-bond acceptors (Lipinski definition) is 4. The molecule has 0 saturated carbocycles. The number of carbonyl (C=O) groups is 1. The maximum absolute atomic E-state index is 12.6. The van der Waals surface area contributed by atoms with Crippen LogP contribution in [0.4, 0.5) is 0 Å². The predicted octanol–water partition coefficient (Wildman–Crippen LogP) is 1.89. The van der Waals surface area contributed by atoms with Crippen LogP contribution in [-0.4, -0.2) is 40.4 Å². The van der Waals surface area contributed by atoms with Crippen LogP contribution in [0.3, 0.4) is 0 Å². The Hall–Kier alpha value is -2.22. The van der Waals surface area contributed by atoms with Crippen molar-refractivity contribution in [1.82, 2.24) is 14.9 Å². The largest absolute Gasteiger partial charge is 0.348 e. The molecule has 6 nitrogen and oxygen atoms in total. The summed E-state index contributed by atoms with van der Waals surface area (Å²) in [5, 5.41) is 2.89. The molecular formula is C19H25N3O3S. The Kier molecular flexibility index (Phi) is 6.52. The standard InChI is InChI=1S/C19H25N3O3S/c1-14-9-10-17(26(24,25)20-2)11-18(14)19(23)21-12-15-7-5-6-8-16(15)13-22(3)4/h5-11,20H,12-13H2,1-4H3,(H,21,23). The maximum atomic E-state index is 12.6. The second-order valence-electron chi connectivity index (χ2n) is 6.37. The molecular weight excluding hydrogens is 350 g/mol. The van der Waals surface area contributed by atoms with E-state index in [2.05, 4.69) is 14.9 Å². The molecule has 2 aromatic carbocycles. The third kappa shape index (κ3) is 4.91. The van der Waals surface area contributed by atoms with Crippen molar-refractivity contribution in [2.24, 2.45) is 0 Å². The van der Waals surface area contributed by atoms with Crippen molar-refractivity contribution in [2.45, 2.75) is 24.9 Å². The summed E-state index contributed by atoms with van der Waals surface area (Å²) >= 11 is 0. The van der Waals surface area contributed by atoms with Crippen LogP contribution in [0.25, 0.3) is 0 Å². The lowest BCUT2D eigenvalue weighted by molar-refractivity contribution is 0.0950. The Labute approximate surface area is 155 Å². The van der Waals surface area contributed by atoms with Crippen molar-refractivity contribution in [3.05, 3.63) is 64.7 Å². The van der Waals surface area contributed by atoms with E-state index in [9.17, 15) is 13.2 Å². The smallest absolute Gasteiger partial charge is 0.251 e. The van der Waals surface area contributed by atoms with Crippen LogP contribution < -0.4 is 10.0 Å². The van der Waals surface area contributed by atoms with Gasteiger partial charge < -0.3 is 10.2 Å². The van der Waals surface area contributed by atoms with Gasteiger partial charge in [-0.25, -0.2) is 13.1 Å². The van der Waals surface area contributed by atoms with Gasteiger partial charge in [-0.05, 0) is 56.9 Å². The minimum absolute atomic E-state index is 0.0729. The van der Waals surface area contributed by atoms with Gasteiger partial charge in [-0.3, -0.25) is 4.79 Å².